The summed E-state index contributed by atoms with van der Waals surface area (Å²) in [4.78, 5) is 14.6. The number of carbonyl (C=O) groups excluding carboxylic acids is 1. The maximum Gasteiger partial charge on any atom is 0.255 e. The number of nitrogens with one attached hydrogen (secondary N) is 2. The van der Waals surface area contributed by atoms with E-state index < -0.39 is 0 Å². The predicted molar refractivity (Wildman–Crippen MR) is 83.3 cm³/mol. The number of H-pyrrole nitrogens is 1. The van der Waals surface area contributed by atoms with Gasteiger partial charge in [-0.15, -0.1) is 0 Å². The molecule has 5 heteroatoms. The van der Waals surface area contributed by atoms with E-state index in [4.69, 9.17) is 0 Å². The summed E-state index contributed by atoms with van der Waals surface area (Å²) in [5.74, 6) is -0.0885. The molecule has 0 saturated heterocycles. The summed E-state index contributed by atoms with van der Waals surface area (Å²) in [6.07, 6.45) is 0. The Kier molecular flexibility index (Phi) is 4.75. The van der Waals surface area contributed by atoms with Gasteiger partial charge in [0.25, 0.3) is 5.91 Å². The summed E-state index contributed by atoms with van der Waals surface area (Å²) in [7, 11) is 3.99. The number of nitrogens with zero attached hydrogens (tertiary/aromatic N) is 2. The van der Waals surface area contributed by atoms with E-state index in [2.05, 4.69) is 20.4 Å². The first-order chi connectivity index (χ1) is 9.99. The van der Waals surface area contributed by atoms with Crippen LogP contribution in [0.2, 0.25) is 0 Å². The SMILES string of the molecule is Cc1n[nH]c(C)c1C(=O)NC(CN(C)C)c1ccccc1. The molecule has 0 aliphatic rings. The molecule has 2 rings (SSSR count). The molecule has 21 heavy (non-hydrogen) atoms. The van der Waals surface area contributed by atoms with Gasteiger partial charge in [-0.3, -0.25) is 9.89 Å². The van der Waals surface area contributed by atoms with Crippen LogP contribution in [0.1, 0.15) is 33.4 Å². The molecule has 0 spiro atoms. The topological polar surface area (TPSA) is 61.0 Å². The molecule has 0 saturated carbocycles. The molecule has 112 valence electrons. The van der Waals surface area contributed by atoms with Crippen LogP contribution < -0.4 is 5.32 Å². The van der Waals surface area contributed by atoms with Gasteiger partial charge >= 0.3 is 0 Å². The van der Waals surface area contributed by atoms with E-state index in [0.29, 0.717) is 5.56 Å². The van der Waals surface area contributed by atoms with Crippen molar-refractivity contribution in [2.75, 3.05) is 20.6 Å². The summed E-state index contributed by atoms with van der Waals surface area (Å²) in [6.45, 7) is 4.44. The lowest BCUT2D eigenvalue weighted by molar-refractivity contribution is 0.0929. The van der Waals surface area contributed by atoms with Crippen molar-refractivity contribution in [2.45, 2.75) is 19.9 Å². The summed E-state index contributed by atoms with van der Waals surface area (Å²) in [6, 6.07) is 9.95. The largest absolute Gasteiger partial charge is 0.344 e. The Labute approximate surface area is 125 Å². The number of likely N-dealkylation sites (N-methyl/N-ethyl adjacent to an activating group) is 1. The maximum atomic E-state index is 12.5. The normalized spacial score (nSPS) is 12.4. The van der Waals surface area contributed by atoms with Crippen molar-refractivity contribution in [3.8, 4) is 0 Å². The average Bonchev–Trinajstić information content (AvgIpc) is 2.78. The molecule has 0 aliphatic carbocycles. The third-order valence-electron chi connectivity index (χ3n) is 3.41. The summed E-state index contributed by atoms with van der Waals surface area (Å²) < 4.78 is 0. The fourth-order valence-corrected chi connectivity index (χ4v) is 2.40. The van der Waals surface area contributed by atoms with Gasteiger partial charge in [-0.05, 0) is 33.5 Å². The maximum absolute atomic E-state index is 12.5. The zero-order valence-corrected chi connectivity index (χ0v) is 13.0. The highest BCUT2D eigenvalue weighted by atomic mass is 16.1. The van der Waals surface area contributed by atoms with Crippen LogP contribution in [0.15, 0.2) is 30.3 Å². The van der Waals surface area contributed by atoms with E-state index in [1.165, 1.54) is 0 Å². The molecule has 0 aliphatic heterocycles. The highest BCUT2D eigenvalue weighted by Crippen LogP contribution is 2.16. The van der Waals surface area contributed by atoms with Gasteiger partial charge in [0, 0.05) is 12.2 Å². The lowest BCUT2D eigenvalue weighted by Crippen LogP contribution is -2.35. The third kappa shape index (κ3) is 3.70. The highest BCUT2D eigenvalue weighted by molar-refractivity contribution is 5.96. The number of hydrogen-bond acceptors (Lipinski definition) is 3. The molecule has 0 fully saturated rings. The predicted octanol–water partition coefficient (Wildman–Crippen LogP) is 2.06. The Bertz CT molecular complexity index is 584. The Hall–Kier alpha value is -2.14. The van der Waals surface area contributed by atoms with Crippen molar-refractivity contribution >= 4 is 5.91 Å². The van der Waals surface area contributed by atoms with Gasteiger partial charge in [0.2, 0.25) is 0 Å². The first-order valence-corrected chi connectivity index (χ1v) is 7.01. The second-order valence-electron chi connectivity index (χ2n) is 5.51. The molecule has 1 heterocycles. The fraction of sp³-hybridized carbons (Fsp3) is 0.375. The molecule has 0 bridgehead atoms. The van der Waals surface area contributed by atoms with Gasteiger partial charge in [-0.1, -0.05) is 30.3 Å². The van der Waals surface area contributed by atoms with E-state index in [9.17, 15) is 4.79 Å². The molecule has 5 nitrogen and oxygen atoms in total. The van der Waals surface area contributed by atoms with Gasteiger partial charge in [0.1, 0.15) is 0 Å². The number of aromatic nitrogens is 2. The third-order valence-corrected chi connectivity index (χ3v) is 3.41. The van der Waals surface area contributed by atoms with Gasteiger partial charge in [-0.25, -0.2) is 0 Å². The molecular weight excluding hydrogens is 264 g/mol. The summed E-state index contributed by atoms with van der Waals surface area (Å²) in [5.41, 5.74) is 3.25. The van der Waals surface area contributed by atoms with Crippen LogP contribution in [0.25, 0.3) is 0 Å². The first kappa shape index (κ1) is 15.3. The second-order valence-corrected chi connectivity index (χ2v) is 5.51. The number of benzene rings is 1. The monoisotopic (exact) mass is 286 g/mol. The van der Waals surface area contributed by atoms with Crippen LogP contribution in [-0.2, 0) is 0 Å². The summed E-state index contributed by atoms with van der Waals surface area (Å²) in [5, 5.41) is 10.0. The van der Waals surface area contributed by atoms with Crippen molar-refractivity contribution in [3.63, 3.8) is 0 Å². The molecule has 1 atom stereocenters. The van der Waals surface area contributed by atoms with Crippen molar-refractivity contribution in [1.29, 1.82) is 0 Å². The Morgan fingerprint density at radius 2 is 1.95 bits per heavy atom. The molecule has 1 aromatic heterocycles. The van der Waals surface area contributed by atoms with E-state index in [0.717, 1.165) is 23.5 Å². The highest BCUT2D eigenvalue weighted by Gasteiger charge is 2.20. The average molecular weight is 286 g/mol. The Morgan fingerprint density at radius 1 is 1.29 bits per heavy atom. The number of hydrogen-bond donors (Lipinski definition) is 2. The van der Waals surface area contributed by atoms with Crippen molar-refractivity contribution in [2.24, 2.45) is 0 Å². The van der Waals surface area contributed by atoms with Gasteiger partial charge in [-0.2, -0.15) is 5.10 Å². The Morgan fingerprint density at radius 3 is 2.48 bits per heavy atom. The quantitative estimate of drug-likeness (QED) is 0.884. The van der Waals surface area contributed by atoms with Crippen LogP contribution in [0, 0.1) is 13.8 Å². The van der Waals surface area contributed by atoms with Gasteiger partial charge in [0.15, 0.2) is 0 Å². The van der Waals surface area contributed by atoms with Crippen molar-refractivity contribution in [1.82, 2.24) is 20.4 Å². The lowest BCUT2D eigenvalue weighted by atomic mass is 10.1. The van der Waals surface area contributed by atoms with Crippen LogP contribution in [-0.4, -0.2) is 41.6 Å². The van der Waals surface area contributed by atoms with Crippen molar-refractivity contribution in [3.05, 3.63) is 52.8 Å². The molecule has 0 radical (unpaired) electrons. The van der Waals surface area contributed by atoms with Gasteiger partial charge in [0.05, 0.1) is 17.3 Å². The number of aromatic amines is 1. The fourth-order valence-electron chi connectivity index (χ4n) is 2.40. The van der Waals surface area contributed by atoms with Gasteiger partial charge < -0.3 is 10.2 Å². The first-order valence-electron chi connectivity index (χ1n) is 7.01. The number of rotatable bonds is 5. The Balaban J connectivity index is 2.21. The standard InChI is InChI=1S/C16H22N4O/c1-11-15(12(2)19-18-11)16(21)17-14(10-20(3)4)13-8-6-5-7-9-13/h5-9,14H,10H2,1-4H3,(H,17,21)(H,18,19). The number of aryl methyl sites for hydroxylation is 2. The smallest absolute Gasteiger partial charge is 0.255 e. The van der Waals surface area contributed by atoms with Crippen LogP contribution in [0.5, 0.6) is 0 Å². The molecule has 2 N–H and O–H groups in total. The molecule has 1 unspecified atom stereocenters. The van der Waals surface area contributed by atoms with Crippen LogP contribution in [0.4, 0.5) is 0 Å². The van der Waals surface area contributed by atoms with E-state index in [1.807, 2.05) is 58.3 Å². The molecule has 1 aromatic carbocycles. The van der Waals surface area contributed by atoms with E-state index >= 15 is 0 Å². The second kappa shape index (κ2) is 6.54. The molecule has 2 aromatic rings. The van der Waals surface area contributed by atoms with E-state index in [-0.39, 0.29) is 11.9 Å². The minimum atomic E-state index is -0.0885. The summed E-state index contributed by atoms with van der Waals surface area (Å²) >= 11 is 0. The van der Waals surface area contributed by atoms with E-state index in [1.54, 1.807) is 0 Å². The number of amides is 1. The van der Waals surface area contributed by atoms with Crippen LogP contribution >= 0.6 is 0 Å². The zero-order valence-electron chi connectivity index (χ0n) is 13.0. The molecule has 1 amide bonds. The zero-order chi connectivity index (χ0) is 15.4. The number of carbonyl (C=O) groups is 1. The minimum Gasteiger partial charge on any atom is -0.344 e. The van der Waals surface area contributed by atoms with Crippen molar-refractivity contribution < 1.29 is 4.79 Å². The molecular formula is C16H22N4O. The lowest BCUT2D eigenvalue weighted by Gasteiger charge is -2.23. The van der Waals surface area contributed by atoms with Crippen LogP contribution in [0.3, 0.4) is 0 Å². The minimum absolute atomic E-state index is 0.0533.